The van der Waals surface area contributed by atoms with Crippen molar-refractivity contribution in [1.82, 2.24) is 5.32 Å². The quantitative estimate of drug-likeness (QED) is 0.560. The van der Waals surface area contributed by atoms with Gasteiger partial charge in [0.15, 0.2) is 0 Å². The number of rotatable bonds is 11. The molecule has 0 aromatic carbocycles. The lowest BCUT2D eigenvalue weighted by molar-refractivity contribution is 0.181. The minimum absolute atomic E-state index is 0.715. The predicted octanol–water partition coefficient (Wildman–Crippen LogP) is 4.14. The molecule has 18 heavy (non-hydrogen) atoms. The highest BCUT2D eigenvalue weighted by atomic mass is 16.5. The summed E-state index contributed by atoms with van der Waals surface area (Å²) >= 11 is 0. The van der Waals surface area contributed by atoms with Crippen LogP contribution < -0.4 is 5.32 Å². The molecule has 2 atom stereocenters. The Morgan fingerprint density at radius 2 is 1.83 bits per heavy atom. The lowest BCUT2D eigenvalue weighted by atomic mass is 9.95. The van der Waals surface area contributed by atoms with Gasteiger partial charge in [-0.15, -0.1) is 0 Å². The molecule has 1 aliphatic heterocycles. The SMILES string of the molecule is CCCCCCCCCC(CC1CCOC1)NC. The highest BCUT2D eigenvalue weighted by Gasteiger charge is 2.19. The summed E-state index contributed by atoms with van der Waals surface area (Å²) in [5.41, 5.74) is 0. The van der Waals surface area contributed by atoms with Gasteiger partial charge in [0.25, 0.3) is 0 Å². The summed E-state index contributed by atoms with van der Waals surface area (Å²) in [5.74, 6) is 0.812. The average Bonchev–Trinajstić information content (AvgIpc) is 2.89. The first-order valence-corrected chi connectivity index (χ1v) is 8.11. The van der Waals surface area contributed by atoms with Gasteiger partial charge in [0.05, 0.1) is 0 Å². The zero-order valence-corrected chi connectivity index (χ0v) is 12.5. The molecule has 1 heterocycles. The van der Waals surface area contributed by atoms with Crippen molar-refractivity contribution < 1.29 is 4.74 Å². The summed E-state index contributed by atoms with van der Waals surface area (Å²) in [6, 6.07) is 0.715. The molecule has 2 nitrogen and oxygen atoms in total. The molecule has 2 unspecified atom stereocenters. The zero-order valence-electron chi connectivity index (χ0n) is 12.5. The van der Waals surface area contributed by atoms with Gasteiger partial charge in [0.1, 0.15) is 0 Å². The largest absolute Gasteiger partial charge is 0.381 e. The van der Waals surface area contributed by atoms with Gasteiger partial charge in [-0.1, -0.05) is 51.9 Å². The summed E-state index contributed by atoms with van der Waals surface area (Å²) in [5, 5.41) is 3.48. The lowest BCUT2D eigenvalue weighted by Gasteiger charge is -2.19. The van der Waals surface area contributed by atoms with E-state index in [-0.39, 0.29) is 0 Å². The molecule has 0 radical (unpaired) electrons. The van der Waals surface area contributed by atoms with Crippen molar-refractivity contribution in [2.75, 3.05) is 20.3 Å². The van der Waals surface area contributed by atoms with Crippen LogP contribution in [0.2, 0.25) is 0 Å². The zero-order chi connectivity index (χ0) is 13.1. The first kappa shape index (κ1) is 16.0. The van der Waals surface area contributed by atoms with E-state index in [1.165, 1.54) is 64.2 Å². The van der Waals surface area contributed by atoms with Crippen LogP contribution in [0.1, 0.15) is 71.1 Å². The number of hydrogen-bond donors (Lipinski definition) is 1. The van der Waals surface area contributed by atoms with Crippen LogP contribution in [0, 0.1) is 5.92 Å². The van der Waals surface area contributed by atoms with E-state index in [2.05, 4.69) is 19.3 Å². The van der Waals surface area contributed by atoms with Crippen molar-refractivity contribution in [3.8, 4) is 0 Å². The molecular formula is C16H33NO. The second-order valence-corrected chi connectivity index (χ2v) is 5.86. The second-order valence-electron chi connectivity index (χ2n) is 5.86. The Morgan fingerprint density at radius 3 is 2.44 bits per heavy atom. The van der Waals surface area contributed by atoms with Crippen LogP contribution in [0.4, 0.5) is 0 Å². The van der Waals surface area contributed by atoms with Crippen molar-refractivity contribution >= 4 is 0 Å². The standard InChI is InChI=1S/C16H33NO/c1-3-4-5-6-7-8-9-10-16(17-2)13-15-11-12-18-14-15/h15-17H,3-14H2,1-2H3. The van der Waals surface area contributed by atoms with E-state index in [4.69, 9.17) is 4.74 Å². The smallest absolute Gasteiger partial charge is 0.0495 e. The molecule has 1 saturated heterocycles. The summed E-state index contributed by atoms with van der Waals surface area (Å²) in [6.07, 6.45) is 13.8. The summed E-state index contributed by atoms with van der Waals surface area (Å²) in [4.78, 5) is 0. The maximum atomic E-state index is 5.46. The number of unbranched alkanes of at least 4 members (excludes halogenated alkanes) is 6. The summed E-state index contributed by atoms with van der Waals surface area (Å²) < 4.78 is 5.46. The van der Waals surface area contributed by atoms with Gasteiger partial charge in [-0.25, -0.2) is 0 Å². The van der Waals surface area contributed by atoms with Crippen molar-refractivity contribution in [1.29, 1.82) is 0 Å². The molecule has 0 bridgehead atoms. The second kappa shape index (κ2) is 10.8. The molecule has 108 valence electrons. The fourth-order valence-corrected chi connectivity index (χ4v) is 2.90. The van der Waals surface area contributed by atoms with E-state index in [1.54, 1.807) is 0 Å². The topological polar surface area (TPSA) is 21.3 Å². The van der Waals surface area contributed by atoms with Crippen molar-refractivity contribution in [3.63, 3.8) is 0 Å². The third-order valence-electron chi connectivity index (χ3n) is 4.21. The Kier molecular flexibility index (Phi) is 9.59. The van der Waals surface area contributed by atoms with Crippen LogP contribution in [0.15, 0.2) is 0 Å². The average molecular weight is 255 g/mol. The Labute approximate surface area is 114 Å². The Balaban J connectivity index is 1.94. The van der Waals surface area contributed by atoms with E-state index in [9.17, 15) is 0 Å². The van der Waals surface area contributed by atoms with Crippen LogP contribution in [-0.2, 0) is 4.74 Å². The molecule has 0 amide bonds. The predicted molar refractivity (Wildman–Crippen MR) is 79.0 cm³/mol. The molecule has 0 aromatic rings. The highest BCUT2D eigenvalue weighted by molar-refractivity contribution is 4.73. The van der Waals surface area contributed by atoms with Gasteiger partial charge in [-0.3, -0.25) is 0 Å². The minimum atomic E-state index is 0.715. The fraction of sp³-hybridized carbons (Fsp3) is 1.00. The van der Waals surface area contributed by atoms with E-state index < -0.39 is 0 Å². The van der Waals surface area contributed by atoms with Crippen LogP contribution in [-0.4, -0.2) is 26.3 Å². The molecule has 0 aromatic heterocycles. The lowest BCUT2D eigenvalue weighted by Crippen LogP contribution is -2.28. The molecule has 1 aliphatic rings. The van der Waals surface area contributed by atoms with Gasteiger partial charge in [-0.05, 0) is 32.2 Å². The maximum absolute atomic E-state index is 5.46. The molecule has 0 aliphatic carbocycles. The summed E-state index contributed by atoms with van der Waals surface area (Å²) in [7, 11) is 2.11. The van der Waals surface area contributed by atoms with E-state index >= 15 is 0 Å². The van der Waals surface area contributed by atoms with Crippen LogP contribution >= 0.6 is 0 Å². The molecule has 0 spiro atoms. The Bertz CT molecular complexity index is 178. The van der Waals surface area contributed by atoms with Crippen LogP contribution in [0.5, 0.6) is 0 Å². The van der Waals surface area contributed by atoms with E-state index in [0.717, 1.165) is 19.1 Å². The molecule has 1 N–H and O–H groups in total. The van der Waals surface area contributed by atoms with E-state index in [1.807, 2.05) is 0 Å². The van der Waals surface area contributed by atoms with Crippen molar-refractivity contribution in [2.24, 2.45) is 5.92 Å². The van der Waals surface area contributed by atoms with Crippen LogP contribution in [0.25, 0.3) is 0 Å². The van der Waals surface area contributed by atoms with Crippen molar-refractivity contribution in [3.05, 3.63) is 0 Å². The fourth-order valence-electron chi connectivity index (χ4n) is 2.90. The van der Waals surface area contributed by atoms with Gasteiger partial charge in [-0.2, -0.15) is 0 Å². The monoisotopic (exact) mass is 255 g/mol. The van der Waals surface area contributed by atoms with E-state index in [0.29, 0.717) is 6.04 Å². The highest BCUT2D eigenvalue weighted by Crippen LogP contribution is 2.20. The molecule has 1 rings (SSSR count). The maximum Gasteiger partial charge on any atom is 0.0495 e. The molecule has 0 saturated carbocycles. The van der Waals surface area contributed by atoms with Gasteiger partial charge >= 0.3 is 0 Å². The molecule has 2 heteroatoms. The van der Waals surface area contributed by atoms with Gasteiger partial charge in [0, 0.05) is 19.3 Å². The molecular weight excluding hydrogens is 222 g/mol. The first-order valence-electron chi connectivity index (χ1n) is 8.11. The summed E-state index contributed by atoms with van der Waals surface area (Å²) in [6.45, 7) is 4.26. The number of hydrogen-bond acceptors (Lipinski definition) is 2. The first-order chi connectivity index (χ1) is 8.86. The molecule has 1 fully saturated rings. The van der Waals surface area contributed by atoms with Crippen LogP contribution in [0.3, 0.4) is 0 Å². The van der Waals surface area contributed by atoms with Crippen molar-refractivity contribution in [2.45, 2.75) is 77.2 Å². The normalized spacial score (nSPS) is 21.3. The van der Waals surface area contributed by atoms with Gasteiger partial charge in [0.2, 0.25) is 0 Å². The Hall–Kier alpha value is -0.0800. The number of nitrogens with one attached hydrogen (secondary N) is 1. The number of ether oxygens (including phenoxy) is 1. The Morgan fingerprint density at radius 1 is 1.11 bits per heavy atom. The minimum Gasteiger partial charge on any atom is -0.381 e. The third kappa shape index (κ3) is 7.38. The third-order valence-corrected chi connectivity index (χ3v) is 4.21. The van der Waals surface area contributed by atoms with Gasteiger partial charge < -0.3 is 10.1 Å².